The minimum absolute atomic E-state index is 0.157. The molecule has 0 aliphatic carbocycles. The van der Waals surface area contributed by atoms with Crippen LogP contribution in [-0.2, 0) is 0 Å². The average Bonchev–Trinajstić information content (AvgIpc) is 2.39. The number of benzene rings is 1. The lowest BCUT2D eigenvalue weighted by atomic mass is 10.3. The fraction of sp³-hybridized carbons (Fsp3) is 0.0909. The van der Waals surface area contributed by atoms with E-state index in [1.54, 1.807) is 6.26 Å². The molecular weight excluding hydrogens is 299 g/mol. The van der Waals surface area contributed by atoms with Crippen LogP contribution in [0, 0.1) is 17.5 Å². The average molecular weight is 306 g/mol. The van der Waals surface area contributed by atoms with Crippen LogP contribution in [0.3, 0.4) is 0 Å². The summed E-state index contributed by atoms with van der Waals surface area (Å²) >= 11 is 7.00. The van der Waals surface area contributed by atoms with Gasteiger partial charge in [0.15, 0.2) is 22.6 Å². The summed E-state index contributed by atoms with van der Waals surface area (Å²) < 4.78 is 39.3. The van der Waals surface area contributed by atoms with Gasteiger partial charge in [-0.1, -0.05) is 23.4 Å². The Hall–Kier alpha value is -1.47. The molecule has 1 aromatic heterocycles. The van der Waals surface area contributed by atoms with E-state index in [9.17, 15) is 13.2 Å². The normalized spacial score (nSPS) is 10.6. The highest BCUT2D eigenvalue weighted by Gasteiger charge is 2.14. The Morgan fingerprint density at radius 1 is 1.16 bits per heavy atom. The SMILES string of the molecule is CSc1nc(Cl)cc(Nc2ccc(F)c(F)c2F)n1. The van der Waals surface area contributed by atoms with E-state index in [-0.39, 0.29) is 16.7 Å². The van der Waals surface area contributed by atoms with Gasteiger partial charge < -0.3 is 5.32 Å². The Kier molecular flexibility index (Phi) is 4.16. The molecular formula is C11H7ClF3N3S. The topological polar surface area (TPSA) is 37.8 Å². The Morgan fingerprint density at radius 3 is 2.58 bits per heavy atom. The molecule has 0 radical (unpaired) electrons. The first-order chi connectivity index (χ1) is 9.01. The first kappa shape index (κ1) is 14.0. The van der Waals surface area contributed by atoms with Gasteiger partial charge in [-0.3, -0.25) is 0 Å². The minimum atomic E-state index is -1.55. The van der Waals surface area contributed by atoms with Crippen LogP contribution in [-0.4, -0.2) is 16.2 Å². The standard InChI is InChI=1S/C11H7ClF3N3S/c1-19-11-17-7(12)4-8(18-11)16-6-3-2-5(13)9(14)10(6)15/h2-4H,1H3,(H,16,17,18). The number of anilines is 2. The van der Waals surface area contributed by atoms with Crippen molar-refractivity contribution >= 4 is 34.9 Å². The molecule has 2 aromatic rings. The van der Waals surface area contributed by atoms with Crippen LogP contribution >= 0.6 is 23.4 Å². The van der Waals surface area contributed by atoms with Crippen LogP contribution in [0.4, 0.5) is 24.7 Å². The summed E-state index contributed by atoms with van der Waals surface area (Å²) in [5.41, 5.74) is -0.235. The zero-order valence-corrected chi connectivity index (χ0v) is 11.1. The van der Waals surface area contributed by atoms with Crippen LogP contribution in [0.2, 0.25) is 5.15 Å². The number of thioether (sulfide) groups is 1. The number of hydrogen-bond acceptors (Lipinski definition) is 4. The second kappa shape index (κ2) is 5.66. The quantitative estimate of drug-likeness (QED) is 0.402. The third kappa shape index (κ3) is 3.10. The van der Waals surface area contributed by atoms with Crippen molar-refractivity contribution in [3.05, 3.63) is 40.8 Å². The maximum absolute atomic E-state index is 13.5. The Balaban J connectivity index is 2.36. The molecule has 0 aliphatic heterocycles. The van der Waals surface area contributed by atoms with E-state index in [0.29, 0.717) is 5.16 Å². The molecule has 0 spiro atoms. The van der Waals surface area contributed by atoms with E-state index < -0.39 is 17.5 Å². The van der Waals surface area contributed by atoms with Crippen LogP contribution in [0.15, 0.2) is 23.4 Å². The molecule has 0 bridgehead atoms. The Labute approximate surface area is 116 Å². The van der Waals surface area contributed by atoms with Gasteiger partial charge >= 0.3 is 0 Å². The summed E-state index contributed by atoms with van der Waals surface area (Å²) in [6.07, 6.45) is 1.74. The molecule has 1 aromatic carbocycles. The van der Waals surface area contributed by atoms with E-state index in [1.165, 1.54) is 17.8 Å². The van der Waals surface area contributed by atoms with Crippen molar-refractivity contribution in [3.8, 4) is 0 Å². The third-order valence-corrected chi connectivity index (χ3v) is 2.90. The van der Waals surface area contributed by atoms with E-state index >= 15 is 0 Å². The molecule has 8 heteroatoms. The van der Waals surface area contributed by atoms with Gasteiger partial charge in [0.2, 0.25) is 0 Å². The van der Waals surface area contributed by atoms with E-state index in [1.807, 2.05) is 0 Å². The molecule has 100 valence electrons. The number of rotatable bonds is 3. The van der Waals surface area contributed by atoms with Crippen LogP contribution < -0.4 is 5.32 Å². The number of halogens is 4. The number of aromatic nitrogens is 2. The van der Waals surface area contributed by atoms with Crippen LogP contribution in [0.5, 0.6) is 0 Å². The smallest absolute Gasteiger partial charge is 0.196 e. The predicted octanol–water partition coefficient (Wildman–Crippen LogP) is 4.01. The fourth-order valence-corrected chi connectivity index (χ4v) is 1.93. The summed E-state index contributed by atoms with van der Waals surface area (Å²) in [5.74, 6) is -3.93. The molecule has 1 heterocycles. The second-order valence-corrected chi connectivity index (χ2v) is 4.57. The lowest BCUT2D eigenvalue weighted by Crippen LogP contribution is -2.01. The second-order valence-electron chi connectivity index (χ2n) is 3.41. The predicted molar refractivity (Wildman–Crippen MR) is 68.4 cm³/mol. The van der Waals surface area contributed by atoms with Gasteiger partial charge in [0.1, 0.15) is 11.0 Å². The van der Waals surface area contributed by atoms with Crippen molar-refractivity contribution in [1.82, 2.24) is 9.97 Å². The van der Waals surface area contributed by atoms with Gasteiger partial charge in [-0.15, -0.1) is 0 Å². The largest absolute Gasteiger partial charge is 0.338 e. The number of nitrogens with one attached hydrogen (secondary N) is 1. The van der Waals surface area contributed by atoms with Crippen LogP contribution in [0.1, 0.15) is 0 Å². The first-order valence-electron chi connectivity index (χ1n) is 5.00. The maximum atomic E-state index is 13.5. The molecule has 0 fully saturated rings. The highest BCUT2D eigenvalue weighted by atomic mass is 35.5. The van der Waals surface area contributed by atoms with Crippen molar-refractivity contribution in [1.29, 1.82) is 0 Å². The van der Waals surface area contributed by atoms with Crippen molar-refractivity contribution in [2.24, 2.45) is 0 Å². The van der Waals surface area contributed by atoms with Gasteiger partial charge in [-0.25, -0.2) is 23.1 Å². The minimum Gasteiger partial charge on any atom is -0.338 e. The maximum Gasteiger partial charge on any atom is 0.196 e. The molecule has 0 saturated heterocycles. The summed E-state index contributed by atoms with van der Waals surface area (Å²) in [4.78, 5) is 7.91. The van der Waals surface area contributed by atoms with Crippen molar-refractivity contribution in [3.63, 3.8) is 0 Å². The number of nitrogens with zero attached hydrogens (tertiary/aromatic N) is 2. The summed E-state index contributed by atoms with van der Waals surface area (Å²) in [7, 11) is 0. The van der Waals surface area contributed by atoms with E-state index in [2.05, 4.69) is 15.3 Å². The summed E-state index contributed by atoms with van der Waals surface area (Å²) in [5, 5.41) is 3.06. The molecule has 0 unspecified atom stereocenters. The molecule has 0 aliphatic rings. The van der Waals surface area contributed by atoms with Crippen LogP contribution in [0.25, 0.3) is 0 Å². The van der Waals surface area contributed by atoms with Gasteiger partial charge in [0.25, 0.3) is 0 Å². The summed E-state index contributed by atoms with van der Waals surface area (Å²) in [6, 6.07) is 3.24. The molecule has 0 saturated carbocycles. The zero-order chi connectivity index (χ0) is 14.0. The van der Waals surface area contributed by atoms with Gasteiger partial charge in [-0.05, 0) is 18.4 Å². The van der Waals surface area contributed by atoms with Gasteiger partial charge in [-0.2, -0.15) is 0 Å². The van der Waals surface area contributed by atoms with Crippen molar-refractivity contribution in [2.45, 2.75) is 5.16 Å². The van der Waals surface area contributed by atoms with Crippen molar-refractivity contribution < 1.29 is 13.2 Å². The van der Waals surface area contributed by atoms with E-state index in [0.717, 1.165) is 12.1 Å². The highest BCUT2D eigenvalue weighted by molar-refractivity contribution is 7.98. The lowest BCUT2D eigenvalue weighted by Gasteiger charge is -2.08. The molecule has 2 rings (SSSR count). The first-order valence-corrected chi connectivity index (χ1v) is 6.60. The summed E-state index contributed by atoms with van der Waals surface area (Å²) in [6.45, 7) is 0. The molecule has 0 atom stereocenters. The highest BCUT2D eigenvalue weighted by Crippen LogP contribution is 2.24. The number of hydrogen-bond donors (Lipinski definition) is 1. The van der Waals surface area contributed by atoms with Crippen molar-refractivity contribution in [2.75, 3.05) is 11.6 Å². The van der Waals surface area contributed by atoms with Gasteiger partial charge in [0.05, 0.1) is 5.69 Å². The Morgan fingerprint density at radius 2 is 1.89 bits per heavy atom. The van der Waals surface area contributed by atoms with Gasteiger partial charge in [0, 0.05) is 6.07 Å². The molecule has 3 nitrogen and oxygen atoms in total. The third-order valence-electron chi connectivity index (χ3n) is 2.15. The Bertz CT molecular complexity index is 624. The molecule has 19 heavy (non-hydrogen) atoms. The molecule has 0 amide bonds. The lowest BCUT2D eigenvalue weighted by molar-refractivity contribution is 0.449. The van der Waals surface area contributed by atoms with E-state index in [4.69, 9.17) is 11.6 Å². The zero-order valence-electron chi connectivity index (χ0n) is 9.55. The molecule has 1 N–H and O–H groups in total. The fourth-order valence-electron chi connectivity index (χ4n) is 1.31. The monoisotopic (exact) mass is 305 g/mol.